The highest BCUT2D eigenvalue weighted by atomic mass is 79.9. The SMILES string of the molecule is CCc1nn(C)c(CN(C)CC2CCN(C)C2)c1Br. The molecule has 0 saturated carbocycles. The Bertz CT molecular complexity index is 429. The molecule has 0 aliphatic carbocycles. The average molecular weight is 329 g/mol. The number of hydrogen-bond donors (Lipinski definition) is 0. The third-order valence-electron chi connectivity index (χ3n) is 3.98. The monoisotopic (exact) mass is 328 g/mol. The first-order chi connectivity index (χ1) is 9.01. The van der Waals surface area contributed by atoms with E-state index in [4.69, 9.17) is 0 Å². The second-order valence-corrected chi connectivity index (χ2v) is 6.59. The molecule has 1 atom stereocenters. The third kappa shape index (κ3) is 3.58. The van der Waals surface area contributed by atoms with Crippen molar-refractivity contribution < 1.29 is 0 Å². The van der Waals surface area contributed by atoms with E-state index in [1.165, 1.54) is 36.2 Å². The van der Waals surface area contributed by atoms with Gasteiger partial charge in [0, 0.05) is 26.7 Å². The van der Waals surface area contributed by atoms with Crippen LogP contribution in [0.4, 0.5) is 0 Å². The molecule has 2 rings (SSSR count). The lowest BCUT2D eigenvalue weighted by atomic mass is 10.1. The molecule has 19 heavy (non-hydrogen) atoms. The van der Waals surface area contributed by atoms with Crippen LogP contribution in [-0.4, -0.2) is 53.3 Å². The molecule has 1 saturated heterocycles. The summed E-state index contributed by atoms with van der Waals surface area (Å²) >= 11 is 3.69. The van der Waals surface area contributed by atoms with Gasteiger partial charge in [0.2, 0.25) is 0 Å². The first kappa shape index (κ1) is 15.0. The summed E-state index contributed by atoms with van der Waals surface area (Å²) in [5.41, 5.74) is 2.44. The molecule has 1 aliphatic heterocycles. The van der Waals surface area contributed by atoms with Gasteiger partial charge in [-0.05, 0) is 55.3 Å². The fraction of sp³-hybridized carbons (Fsp3) is 0.786. The van der Waals surface area contributed by atoms with Crippen LogP contribution >= 0.6 is 15.9 Å². The van der Waals surface area contributed by atoms with Gasteiger partial charge in [0.25, 0.3) is 0 Å². The molecule has 0 aromatic carbocycles. The first-order valence-corrected chi connectivity index (χ1v) is 7.87. The Labute approximate surface area is 124 Å². The quantitative estimate of drug-likeness (QED) is 0.827. The van der Waals surface area contributed by atoms with Crippen molar-refractivity contribution in [2.45, 2.75) is 26.3 Å². The van der Waals surface area contributed by atoms with Crippen LogP contribution in [0.2, 0.25) is 0 Å². The van der Waals surface area contributed by atoms with Crippen LogP contribution < -0.4 is 0 Å². The second-order valence-electron chi connectivity index (χ2n) is 5.80. The molecule has 0 spiro atoms. The molecule has 0 radical (unpaired) electrons. The lowest BCUT2D eigenvalue weighted by Crippen LogP contribution is -2.28. The van der Waals surface area contributed by atoms with Gasteiger partial charge >= 0.3 is 0 Å². The van der Waals surface area contributed by atoms with Crippen LogP contribution in [-0.2, 0) is 20.0 Å². The number of rotatable bonds is 5. The number of aryl methyl sites for hydroxylation is 2. The summed E-state index contributed by atoms with van der Waals surface area (Å²) in [6, 6.07) is 0. The molecule has 0 bridgehead atoms. The molecule has 1 aromatic rings. The fourth-order valence-electron chi connectivity index (χ4n) is 2.93. The number of nitrogens with zero attached hydrogens (tertiary/aromatic N) is 4. The highest BCUT2D eigenvalue weighted by Crippen LogP contribution is 2.23. The van der Waals surface area contributed by atoms with Crippen molar-refractivity contribution in [3.05, 3.63) is 15.9 Å². The number of halogens is 1. The standard InChI is InChI=1S/C14H25BrN4/c1-5-12-14(15)13(19(4)16-12)10-18(3)9-11-6-7-17(2)8-11/h11H,5-10H2,1-4H3. The Hall–Kier alpha value is -0.390. The summed E-state index contributed by atoms with van der Waals surface area (Å²) in [7, 11) is 6.46. The third-order valence-corrected chi connectivity index (χ3v) is 4.90. The Kier molecular flexibility index (Phi) is 5.03. The summed E-state index contributed by atoms with van der Waals surface area (Å²) in [4.78, 5) is 4.85. The normalized spacial score (nSPS) is 20.6. The van der Waals surface area contributed by atoms with E-state index in [9.17, 15) is 0 Å². The van der Waals surface area contributed by atoms with Crippen LogP contribution in [0.3, 0.4) is 0 Å². The molecule has 5 heteroatoms. The largest absolute Gasteiger partial charge is 0.306 e. The Balaban J connectivity index is 1.95. The zero-order valence-corrected chi connectivity index (χ0v) is 14.1. The Morgan fingerprint density at radius 2 is 2.16 bits per heavy atom. The summed E-state index contributed by atoms with van der Waals surface area (Å²) in [5, 5.41) is 4.56. The maximum Gasteiger partial charge on any atom is 0.0767 e. The van der Waals surface area contributed by atoms with Crippen molar-refractivity contribution in [1.29, 1.82) is 0 Å². The van der Waals surface area contributed by atoms with Crippen molar-refractivity contribution in [1.82, 2.24) is 19.6 Å². The zero-order chi connectivity index (χ0) is 14.0. The van der Waals surface area contributed by atoms with Crippen molar-refractivity contribution in [2.75, 3.05) is 33.7 Å². The fourth-order valence-corrected chi connectivity index (χ4v) is 3.67. The van der Waals surface area contributed by atoms with Gasteiger partial charge in [0.05, 0.1) is 15.9 Å². The smallest absolute Gasteiger partial charge is 0.0767 e. The molecule has 4 nitrogen and oxygen atoms in total. The minimum atomic E-state index is 0.813. The number of hydrogen-bond acceptors (Lipinski definition) is 3. The van der Waals surface area contributed by atoms with Crippen molar-refractivity contribution >= 4 is 15.9 Å². The van der Waals surface area contributed by atoms with E-state index in [-0.39, 0.29) is 0 Å². The highest BCUT2D eigenvalue weighted by Gasteiger charge is 2.22. The van der Waals surface area contributed by atoms with E-state index >= 15 is 0 Å². The highest BCUT2D eigenvalue weighted by molar-refractivity contribution is 9.10. The lowest BCUT2D eigenvalue weighted by molar-refractivity contribution is 0.261. The minimum Gasteiger partial charge on any atom is -0.306 e. The summed E-state index contributed by atoms with van der Waals surface area (Å²) in [6.45, 7) is 6.76. The van der Waals surface area contributed by atoms with Gasteiger partial charge in [0.15, 0.2) is 0 Å². The molecular weight excluding hydrogens is 304 g/mol. The lowest BCUT2D eigenvalue weighted by Gasteiger charge is -2.21. The van der Waals surface area contributed by atoms with E-state index < -0.39 is 0 Å². The van der Waals surface area contributed by atoms with Crippen LogP contribution in [0, 0.1) is 5.92 Å². The first-order valence-electron chi connectivity index (χ1n) is 7.08. The summed E-state index contributed by atoms with van der Waals surface area (Å²) < 4.78 is 3.20. The van der Waals surface area contributed by atoms with E-state index in [2.05, 4.69) is 51.8 Å². The molecule has 1 aliphatic rings. The van der Waals surface area contributed by atoms with Gasteiger partial charge in [-0.3, -0.25) is 4.68 Å². The Morgan fingerprint density at radius 1 is 1.42 bits per heavy atom. The number of aromatic nitrogens is 2. The molecule has 1 aromatic heterocycles. The van der Waals surface area contributed by atoms with Gasteiger partial charge in [-0.2, -0.15) is 5.10 Å². The molecule has 1 fully saturated rings. The zero-order valence-electron chi connectivity index (χ0n) is 12.5. The van der Waals surface area contributed by atoms with Crippen molar-refractivity contribution in [3.8, 4) is 0 Å². The van der Waals surface area contributed by atoms with Gasteiger partial charge in [-0.15, -0.1) is 0 Å². The maximum absolute atomic E-state index is 4.56. The molecule has 1 unspecified atom stereocenters. The summed E-state index contributed by atoms with van der Waals surface area (Å²) in [6.07, 6.45) is 2.30. The van der Waals surface area contributed by atoms with Crippen LogP contribution in [0.5, 0.6) is 0 Å². The Morgan fingerprint density at radius 3 is 2.68 bits per heavy atom. The van der Waals surface area contributed by atoms with E-state index in [0.29, 0.717) is 0 Å². The molecule has 0 amide bonds. The van der Waals surface area contributed by atoms with Crippen LogP contribution in [0.25, 0.3) is 0 Å². The predicted molar refractivity (Wildman–Crippen MR) is 82.2 cm³/mol. The summed E-state index contributed by atoms with van der Waals surface area (Å²) in [5.74, 6) is 0.813. The topological polar surface area (TPSA) is 24.3 Å². The van der Waals surface area contributed by atoms with Crippen LogP contribution in [0.15, 0.2) is 4.47 Å². The van der Waals surface area contributed by atoms with Gasteiger partial charge in [0.1, 0.15) is 0 Å². The second kappa shape index (κ2) is 6.37. The van der Waals surface area contributed by atoms with Gasteiger partial charge in [-0.1, -0.05) is 6.92 Å². The van der Waals surface area contributed by atoms with Gasteiger partial charge < -0.3 is 9.80 Å². The molecule has 108 valence electrons. The van der Waals surface area contributed by atoms with E-state index in [1.54, 1.807) is 0 Å². The van der Waals surface area contributed by atoms with Crippen LogP contribution in [0.1, 0.15) is 24.7 Å². The number of likely N-dealkylation sites (tertiary alicyclic amines) is 1. The molecule has 2 heterocycles. The van der Waals surface area contributed by atoms with E-state index in [1.807, 2.05) is 11.7 Å². The maximum atomic E-state index is 4.56. The van der Waals surface area contributed by atoms with Crippen molar-refractivity contribution in [2.24, 2.45) is 13.0 Å². The van der Waals surface area contributed by atoms with E-state index in [0.717, 1.165) is 24.6 Å². The predicted octanol–water partition coefficient (Wildman–Crippen LogP) is 2.13. The minimum absolute atomic E-state index is 0.813. The van der Waals surface area contributed by atoms with Crippen molar-refractivity contribution in [3.63, 3.8) is 0 Å². The molecule has 0 N–H and O–H groups in total. The average Bonchev–Trinajstić information content (AvgIpc) is 2.87. The van der Waals surface area contributed by atoms with Gasteiger partial charge in [-0.25, -0.2) is 0 Å². The molecular formula is C14H25BrN4.